The van der Waals surface area contributed by atoms with Gasteiger partial charge in [-0.3, -0.25) is 24.1 Å². The standard InChI is InChI=1S/C35H46N6O5/c1-27(2)20-40(33(44)19-36)26-35(46)41(23-29-11-7-4-8-12-29)25-34(45)39(22-30-13-15-31(42)16-14-30)18-17-38(24-32(37)43)21-28-9-5-3-6-10-28/h3-16,27,42H,17-26,36H2,1-2H3,(H2,37,43). The van der Waals surface area contributed by atoms with Gasteiger partial charge in [-0.1, -0.05) is 86.6 Å². The highest BCUT2D eigenvalue weighted by atomic mass is 16.3. The van der Waals surface area contributed by atoms with E-state index in [4.69, 9.17) is 11.5 Å². The van der Waals surface area contributed by atoms with Crippen molar-refractivity contribution < 1.29 is 24.3 Å². The summed E-state index contributed by atoms with van der Waals surface area (Å²) in [6.45, 7) is 5.07. The van der Waals surface area contributed by atoms with Crippen LogP contribution in [-0.2, 0) is 38.8 Å². The molecule has 3 rings (SSSR count). The number of nitrogens with zero attached hydrogens (tertiary/aromatic N) is 4. The van der Waals surface area contributed by atoms with Crippen LogP contribution in [0, 0.1) is 5.92 Å². The third kappa shape index (κ3) is 12.3. The summed E-state index contributed by atoms with van der Waals surface area (Å²) in [4.78, 5) is 58.7. The van der Waals surface area contributed by atoms with Crippen molar-refractivity contribution in [2.75, 3.05) is 45.8 Å². The predicted molar refractivity (Wildman–Crippen MR) is 177 cm³/mol. The third-order valence-electron chi connectivity index (χ3n) is 7.31. The Kier molecular flexibility index (Phi) is 14.2. The Balaban J connectivity index is 1.86. The molecule has 0 aromatic heterocycles. The van der Waals surface area contributed by atoms with Gasteiger partial charge >= 0.3 is 0 Å². The van der Waals surface area contributed by atoms with E-state index in [9.17, 15) is 24.3 Å². The van der Waals surface area contributed by atoms with E-state index in [2.05, 4.69) is 0 Å². The number of aromatic hydroxyl groups is 1. The Morgan fingerprint density at radius 1 is 0.630 bits per heavy atom. The molecule has 0 heterocycles. The molecule has 3 aromatic rings. The van der Waals surface area contributed by atoms with Crippen LogP contribution >= 0.6 is 0 Å². The number of hydrogen-bond donors (Lipinski definition) is 3. The van der Waals surface area contributed by atoms with Gasteiger partial charge in [-0.05, 0) is 34.7 Å². The minimum atomic E-state index is -0.482. The largest absolute Gasteiger partial charge is 0.508 e. The van der Waals surface area contributed by atoms with Gasteiger partial charge in [-0.2, -0.15) is 0 Å². The van der Waals surface area contributed by atoms with E-state index >= 15 is 0 Å². The molecule has 0 aliphatic heterocycles. The van der Waals surface area contributed by atoms with Gasteiger partial charge in [0.25, 0.3) is 0 Å². The molecule has 0 spiro atoms. The Hall–Kier alpha value is -4.74. The molecule has 3 aromatic carbocycles. The van der Waals surface area contributed by atoms with Crippen molar-refractivity contribution in [3.63, 3.8) is 0 Å². The molecule has 0 bridgehead atoms. The first kappa shape index (κ1) is 35.7. The molecule has 46 heavy (non-hydrogen) atoms. The van der Waals surface area contributed by atoms with Gasteiger partial charge in [-0.25, -0.2) is 0 Å². The minimum absolute atomic E-state index is 0.00953. The van der Waals surface area contributed by atoms with Crippen LogP contribution in [0.15, 0.2) is 84.9 Å². The summed E-state index contributed by atoms with van der Waals surface area (Å²) in [5, 5.41) is 9.79. The highest BCUT2D eigenvalue weighted by molar-refractivity contribution is 5.89. The molecule has 11 nitrogen and oxygen atoms in total. The maximum absolute atomic E-state index is 14.0. The first-order valence-corrected chi connectivity index (χ1v) is 15.4. The fourth-order valence-electron chi connectivity index (χ4n) is 5.04. The second kappa shape index (κ2) is 18.3. The lowest BCUT2D eigenvalue weighted by Gasteiger charge is -2.31. The van der Waals surface area contributed by atoms with Crippen LogP contribution in [0.2, 0.25) is 0 Å². The fourth-order valence-corrected chi connectivity index (χ4v) is 5.04. The van der Waals surface area contributed by atoms with Crippen molar-refractivity contribution in [3.8, 4) is 5.75 Å². The fraction of sp³-hybridized carbons (Fsp3) is 0.371. The van der Waals surface area contributed by atoms with Gasteiger partial charge in [0.15, 0.2) is 0 Å². The van der Waals surface area contributed by atoms with Crippen molar-refractivity contribution in [3.05, 3.63) is 102 Å². The molecular formula is C35H46N6O5. The third-order valence-corrected chi connectivity index (χ3v) is 7.31. The molecule has 5 N–H and O–H groups in total. The van der Waals surface area contributed by atoms with E-state index in [1.54, 1.807) is 29.2 Å². The smallest absolute Gasteiger partial charge is 0.242 e. The second-order valence-electron chi connectivity index (χ2n) is 11.8. The summed E-state index contributed by atoms with van der Waals surface area (Å²) in [6.07, 6.45) is 0. The average Bonchev–Trinajstić information content (AvgIpc) is 3.03. The van der Waals surface area contributed by atoms with Gasteiger partial charge in [0, 0.05) is 39.3 Å². The van der Waals surface area contributed by atoms with Gasteiger partial charge in [0.05, 0.1) is 19.6 Å². The Bertz CT molecular complexity index is 1400. The molecule has 0 saturated carbocycles. The zero-order valence-corrected chi connectivity index (χ0v) is 26.8. The monoisotopic (exact) mass is 630 g/mol. The van der Waals surface area contributed by atoms with Gasteiger partial charge < -0.3 is 31.3 Å². The zero-order valence-electron chi connectivity index (χ0n) is 26.8. The number of rotatable bonds is 18. The van der Waals surface area contributed by atoms with E-state index in [0.717, 1.165) is 16.7 Å². The lowest BCUT2D eigenvalue weighted by Crippen LogP contribution is -2.49. The molecule has 0 unspecified atom stereocenters. The van der Waals surface area contributed by atoms with E-state index in [-0.39, 0.29) is 75.2 Å². The summed E-state index contributed by atoms with van der Waals surface area (Å²) >= 11 is 0. The predicted octanol–water partition coefficient (Wildman–Crippen LogP) is 2.18. The van der Waals surface area contributed by atoms with E-state index in [0.29, 0.717) is 19.6 Å². The van der Waals surface area contributed by atoms with Crippen LogP contribution in [-0.4, -0.2) is 94.1 Å². The molecule has 0 aliphatic rings. The molecular weight excluding hydrogens is 584 g/mol. The Labute approximate surface area is 271 Å². The van der Waals surface area contributed by atoms with Gasteiger partial charge in [0.2, 0.25) is 23.6 Å². The summed E-state index contributed by atoms with van der Waals surface area (Å²) in [7, 11) is 0. The van der Waals surface area contributed by atoms with Crippen molar-refractivity contribution in [1.29, 1.82) is 0 Å². The number of primary amides is 1. The van der Waals surface area contributed by atoms with Crippen LogP contribution in [0.3, 0.4) is 0 Å². The van der Waals surface area contributed by atoms with Crippen molar-refractivity contribution in [1.82, 2.24) is 19.6 Å². The SMILES string of the molecule is CC(C)CN(CC(=O)N(CC(=O)N(CCN(CC(N)=O)Cc1ccccc1)Cc1ccc(O)cc1)Cc1ccccc1)C(=O)CN. The number of carbonyl (C=O) groups excluding carboxylic acids is 4. The van der Waals surface area contributed by atoms with E-state index < -0.39 is 5.91 Å². The average molecular weight is 631 g/mol. The summed E-state index contributed by atoms with van der Waals surface area (Å²) in [6, 6.07) is 25.6. The van der Waals surface area contributed by atoms with E-state index in [1.165, 1.54) is 9.80 Å². The molecule has 246 valence electrons. The summed E-state index contributed by atoms with van der Waals surface area (Å²) in [5.41, 5.74) is 13.8. The Morgan fingerprint density at radius 2 is 1.13 bits per heavy atom. The topological polar surface area (TPSA) is 154 Å². The van der Waals surface area contributed by atoms with Gasteiger partial charge in [0.1, 0.15) is 12.3 Å². The second-order valence-corrected chi connectivity index (χ2v) is 11.8. The number of amides is 4. The number of nitrogens with two attached hydrogens (primary N) is 2. The molecule has 0 radical (unpaired) electrons. The molecule has 11 heteroatoms. The molecule has 4 amide bonds. The molecule has 0 fully saturated rings. The zero-order chi connectivity index (χ0) is 33.5. The number of phenols is 1. The first-order valence-electron chi connectivity index (χ1n) is 15.4. The minimum Gasteiger partial charge on any atom is -0.508 e. The molecule has 0 saturated heterocycles. The number of phenolic OH excluding ortho intramolecular Hbond substituents is 1. The van der Waals surface area contributed by atoms with Crippen LogP contribution in [0.25, 0.3) is 0 Å². The molecule has 0 atom stereocenters. The maximum Gasteiger partial charge on any atom is 0.242 e. The summed E-state index contributed by atoms with van der Waals surface area (Å²) in [5.74, 6) is -1.28. The number of benzene rings is 3. The summed E-state index contributed by atoms with van der Waals surface area (Å²) < 4.78 is 0. The van der Waals surface area contributed by atoms with Crippen molar-refractivity contribution in [2.24, 2.45) is 17.4 Å². The van der Waals surface area contributed by atoms with Crippen LogP contribution < -0.4 is 11.5 Å². The lowest BCUT2D eigenvalue weighted by molar-refractivity contribution is -0.144. The van der Waals surface area contributed by atoms with Crippen LogP contribution in [0.4, 0.5) is 0 Å². The Morgan fingerprint density at radius 3 is 1.67 bits per heavy atom. The van der Waals surface area contributed by atoms with E-state index in [1.807, 2.05) is 79.4 Å². The number of hydrogen-bond acceptors (Lipinski definition) is 7. The van der Waals surface area contributed by atoms with Crippen molar-refractivity contribution in [2.45, 2.75) is 33.5 Å². The molecule has 0 aliphatic carbocycles. The van der Waals surface area contributed by atoms with Crippen LogP contribution in [0.5, 0.6) is 5.75 Å². The van der Waals surface area contributed by atoms with Crippen molar-refractivity contribution >= 4 is 23.6 Å². The normalized spacial score (nSPS) is 11.0. The highest BCUT2D eigenvalue weighted by Gasteiger charge is 2.26. The highest BCUT2D eigenvalue weighted by Crippen LogP contribution is 2.14. The quantitative estimate of drug-likeness (QED) is 0.195. The lowest BCUT2D eigenvalue weighted by atomic mass is 10.1. The number of carbonyl (C=O) groups is 4. The van der Waals surface area contributed by atoms with Crippen LogP contribution in [0.1, 0.15) is 30.5 Å². The maximum atomic E-state index is 14.0. The first-order chi connectivity index (χ1) is 22.0. The van der Waals surface area contributed by atoms with Gasteiger partial charge in [-0.15, -0.1) is 0 Å².